The van der Waals surface area contributed by atoms with Gasteiger partial charge in [-0.25, -0.2) is 0 Å². The molecule has 0 N–H and O–H groups in total. The molecule has 0 fully saturated rings. The maximum Gasteiger partial charge on any atom is 0.171 e. The Hall–Kier alpha value is -2.16. The summed E-state index contributed by atoms with van der Waals surface area (Å²) in [7, 11) is 1.59. The Kier molecular flexibility index (Phi) is 3.95. The average Bonchev–Trinajstić information content (AvgIpc) is 2.38. The second-order valence-electron chi connectivity index (χ2n) is 4.61. The number of ketones is 1. The van der Waals surface area contributed by atoms with E-state index in [-0.39, 0.29) is 5.78 Å². The second-order valence-corrected chi connectivity index (χ2v) is 4.61. The van der Waals surface area contributed by atoms with Gasteiger partial charge in [0.05, 0.1) is 12.7 Å². The minimum Gasteiger partial charge on any atom is -0.496 e. The highest BCUT2D eigenvalue weighted by Crippen LogP contribution is 2.25. The first-order valence-corrected chi connectivity index (χ1v) is 6.19. The van der Waals surface area contributed by atoms with E-state index in [4.69, 9.17) is 4.74 Å². The summed E-state index contributed by atoms with van der Waals surface area (Å²) in [4.78, 5) is 16.4. The van der Waals surface area contributed by atoms with Crippen LogP contribution in [0.1, 0.15) is 27.0 Å². The quantitative estimate of drug-likeness (QED) is 0.788. The maximum atomic E-state index is 12.4. The van der Waals surface area contributed by atoms with E-state index in [1.807, 2.05) is 38.1 Å². The van der Waals surface area contributed by atoms with Gasteiger partial charge in [-0.2, -0.15) is 0 Å². The van der Waals surface area contributed by atoms with Crippen LogP contribution in [0, 0.1) is 13.8 Å². The van der Waals surface area contributed by atoms with Crippen molar-refractivity contribution in [3.8, 4) is 5.75 Å². The van der Waals surface area contributed by atoms with Crippen molar-refractivity contribution >= 4 is 5.78 Å². The number of aromatic nitrogens is 1. The van der Waals surface area contributed by atoms with E-state index in [0.717, 1.165) is 16.7 Å². The maximum absolute atomic E-state index is 12.4. The molecular weight excluding hydrogens is 238 g/mol. The van der Waals surface area contributed by atoms with Crippen LogP contribution in [0.2, 0.25) is 0 Å². The van der Waals surface area contributed by atoms with Gasteiger partial charge in [0.25, 0.3) is 0 Å². The summed E-state index contributed by atoms with van der Waals surface area (Å²) < 4.78 is 5.33. The summed E-state index contributed by atoms with van der Waals surface area (Å²) in [5.41, 5.74) is 3.68. The minimum atomic E-state index is 0.0700. The average molecular weight is 255 g/mol. The lowest BCUT2D eigenvalue weighted by Crippen LogP contribution is -2.08. The molecule has 0 saturated carbocycles. The van der Waals surface area contributed by atoms with E-state index in [1.54, 1.807) is 19.5 Å². The lowest BCUT2D eigenvalue weighted by molar-refractivity contribution is 0.0989. The fourth-order valence-electron chi connectivity index (χ4n) is 2.22. The van der Waals surface area contributed by atoms with E-state index in [0.29, 0.717) is 17.7 Å². The summed E-state index contributed by atoms with van der Waals surface area (Å²) in [6, 6.07) is 7.61. The third-order valence-corrected chi connectivity index (χ3v) is 3.06. The van der Waals surface area contributed by atoms with Gasteiger partial charge < -0.3 is 4.74 Å². The highest BCUT2D eigenvalue weighted by atomic mass is 16.5. The van der Waals surface area contributed by atoms with E-state index < -0.39 is 0 Å². The Morgan fingerprint density at radius 2 is 1.89 bits per heavy atom. The second kappa shape index (κ2) is 5.65. The normalized spacial score (nSPS) is 10.3. The molecule has 0 spiro atoms. The monoisotopic (exact) mass is 255 g/mol. The van der Waals surface area contributed by atoms with Gasteiger partial charge in [-0.3, -0.25) is 9.78 Å². The molecule has 3 nitrogen and oxygen atoms in total. The van der Waals surface area contributed by atoms with E-state index in [2.05, 4.69) is 4.98 Å². The van der Waals surface area contributed by atoms with Gasteiger partial charge in [0.15, 0.2) is 5.78 Å². The number of nitrogens with zero attached hydrogens (tertiary/aromatic N) is 1. The van der Waals surface area contributed by atoms with Gasteiger partial charge in [0.2, 0.25) is 0 Å². The molecule has 0 amide bonds. The molecule has 0 unspecified atom stereocenters. The van der Waals surface area contributed by atoms with Crippen LogP contribution >= 0.6 is 0 Å². The number of ether oxygens (including phenoxy) is 1. The van der Waals surface area contributed by atoms with Crippen molar-refractivity contribution in [2.24, 2.45) is 0 Å². The number of carbonyl (C=O) groups excluding carboxylic acids is 1. The molecule has 98 valence electrons. The summed E-state index contributed by atoms with van der Waals surface area (Å²) in [6.07, 6.45) is 3.76. The predicted octanol–water partition coefficient (Wildman–Crippen LogP) is 3.13. The summed E-state index contributed by atoms with van der Waals surface area (Å²) in [5.74, 6) is 0.720. The fraction of sp³-hybridized carbons (Fsp3) is 0.250. The smallest absolute Gasteiger partial charge is 0.171 e. The van der Waals surface area contributed by atoms with Crippen LogP contribution in [-0.2, 0) is 6.42 Å². The molecule has 0 aliphatic heterocycles. The first kappa shape index (κ1) is 13.3. The Labute approximate surface area is 113 Å². The van der Waals surface area contributed by atoms with Crippen molar-refractivity contribution in [2.45, 2.75) is 20.3 Å². The van der Waals surface area contributed by atoms with Gasteiger partial charge in [-0.1, -0.05) is 6.07 Å². The first-order chi connectivity index (χ1) is 9.11. The van der Waals surface area contributed by atoms with Gasteiger partial charge in [0, 0.05) is 18.8 Å². The number of carbonyl (C=O) groups is 1. The highest BCUT2D eigenvalue weighted by molar-refractivity contribution is 6.01. The molecule has 0 saturated heterocycles. The largest absolute Gasteiger partial charge is 0.496 e. The third kappa shape index (κ3) is 2.99. The van der Waals surface area contributed by atoms with Crippen LogP contribution < -0.4 is 4.74 Å². The molecule has 2 aromatic rings. The lowest BCUT2D eigenvalue weighted by Gasteiger charge is -2.12. The molecule has 0 radical (unpaired) electrons. The topological polar surface area (TPSA) is 39.2 Å². The molecule has 1 heterocycles. The van der Waals surface area contributed by atoms with Crippen LogP contribution in [-0.4, -0.2) is 17.9 Å². The molecule has 1 aromatic heterocycles. The van der Waals surface area contributed by atoms with Crippen molar-refractivity contribution in [3.05, 3.63) is 58.9 Å². The highest BCUT2D eigenvalue weighted by Gasteiger charge is 2.16. The third-order valence-electron chi connectivity index (χ3n) is 3.06. The van der Waals surface area contributed by atoms with Gasteiger partial charge in [0.1, 0.15) is 5.75 Å². The van der Waals surface area contributed by atoms with Crippen molar-refractivity contribution in [1.82, 2.24) is 4.98 Å². The van der Waals surface area contributed by atoms with E-state index in [1.165, 1.54) is 0 Å². The fourth-order valence-corrected chi connectivity index (χ4v) is 2.22. The van der Waals surface area contributed by atoms with Gasteiger partial charge >= 0.3 is 0 Å². The molecule has 0 aliphatic rings. The van der Waals surface area contributed by atoms with Crippen LogP contribution in [0.25, 0.3) is 0 Å². The van der Waals surface area contributed by atoms with Gasteiger partial charge in [-0.05, 0) is 48.7 Å². The summed E-state index contributed by atoms with van der Waals surface area (Å²) in [6.45, 7) is 3.93. The number of Topliss-reactive ketones (excluding diaryl/α,β-unsaturated/α-hetero) is 1. The predicted molar refractivity (Wildman–Crippen MR) is 74.7 cm³/mol. The Balaban J connectivity index is 2.34. The van der Waals surface area contributed by atoms with Crippen molar-refractivity contribution in [3.63, 3.8) is 0 Å². The Bertz CT molecular complexity index is 591. The molecule has 2 rings (SSSR count). The van der Waals surface area contributed by atoms with Gasteiger partial charge in [-0.15, -0.1) is 0 Å². The zero-order valence-electron chi connectivity index (χ0n) is 11.4. The lowest BCUT2D eigenvalue weighted by atomic mass is 9.97. The Morgan fingerprint density at radius 3 is 2.53 bits per heavy atom. The number of methoxy groups -OCH3 is 1. The molecule has 19 heavy (non-hydrogen) atoms. The molecule has 3 heteroatoms. The van der Waals surface area contributed by atoms with Crippen LogP contribution in [0.4, 0.5) is 0 Å². The SMILES string of the molecule is COc1cc(C)cc(C)c1C(=O)Cc1ccncc1. The number of benzene rings is 1. The zero-order valence-corrected chi connectivity index (χ0v) is 11.4. The number of hydrogen-bond acceptors (Lipinski definition) is 3. The number of aryl methyl sites for hydroxylation is 2. The summed E-state index contributed by atoms with van der Waals surface area (Å²) >= 11 is 0. The summed E-state index contributed by atoms with van der Waals surface area (Å²) in [5, 5.41) is 0. The van der Waals surface area contributed by atoms with Crippen molar-refractivity contribution in [1.29, 1.82) is 0 Å². The first-order valence-electron chi connectivity index (χ1n) is 6.19. The van der Waals surface area contributed by atoms with Crippen molar-refractivity contribution < 1.29 is 9.53 Å². The van der Waals surface area contributed by atoms with E-state index >= 15 is 0 Å². The standard InChI is InChI=1S/C16H17NO2/c1-11-8-12(2)16(15(9-11)19-3)14(18)10-13-4-6-17-7-5-13/h4-9H,10H2,1-3H3. The number of pyridine rings is 1. The molecule has 0 aliphatic carbocycles. The zero-order chi connectivity index (χ0) is 13.8. The number of rotatable bonds is 4. The molecule has 1 aromatic carbocycles. The molecule has 0 atom stereocenters. The van der Waals surface area contributed by atoms with Crippen LogP contribution in [0.5, 0.6) is 5.75 Å². The van der Waals surface area contributed by atoms with Crippen LogP contribution in [0.3, 0.4) is 0 Å². The van der Waals surface area contributed by atoms with Crippen molar-refractivity contribution in [2.75, 3.05) is 7.11 Å². The number of hydrogen-bond donors (Lipinski definition) is 0. The van der Waals surface area contributed by atoms with Crippen LogP contribution in [0.15, 0.2) is 36.7 Å². The Morgan fingerprint density at radius 1 is 1.21 bits per heavy atom. The molecular formula is C16H17NO2. The molecule has 0 bridgehead atoms. The van der Waals surface area contributed by atoms with E-state index in [9.17, 15) is 4.79 Å². The minimum absolute atomic E-state index is 0.0700.